The molecular formula is C10H10N4OS2. The molecule has 0 saturated heterocycles. The number of pyridine rings is 1. The number of hydrogen-bond acceptors (Lipinski definition) is 7. The monoisotopic (exact) mass is 266 g/mol. The Morgan fingerprint density at radius 2 is 2.24 bits per heavy atom. The third-order valence-electron chi connectivity index (χ3n) is 1.89. The largest absolute Gasteiger partial charge is 0.353 e. The Hall–Kier alpha value is -1.47. The van der Waals surface area contributed by atoms with Crippen molar-refractivity contribution < 1.29 is 4.79 Å². The predicted molar refractivity (Wildman–Crippen MR) is 68.0 cm³/mol. The number of carbonyl (C=O) groups is 1. The molecule has 0 unspecified atom stereocenters. The maximum atomic E-state index is 10.8. The highest BCUT2D eigenvalue weighted by Crippen LogP contribution is 2.32. The summed E-state index contributed by atoms with van der Waals surface area (Å²) in [5, 5.41) is 9.55. The van der Waals surface area contributed by atoms with Crippen molar-refractivity contribution in [2.75, 3.05) is 19.0 Å². The van der Waals surface area contributed by atoms with Crippen LogP contribution in [-0.2, 0) is 0 Å². The van der Waals surface area contributed by atoms with Gasteiger partial charge in [-0.1, -0.05) is 11.3 Å². The molecule has 0 bridgehead atoms. The number of hydrogen-bond donors (Lipinski definition) is 0. The van der Waals surface area contributed by atoms with Gasteiger partial charge in [0.1, 0.15) is 5.03 Å². The Morgan fingerprint density at radius 3 is 2.88 bits per heavy atom. The molecule has 0 aliphatic rings. The molecule has 2 aromatic heterocycles. The van der Waals surface area contributed by atoms with E-state index >= 15 is 0 Å². The van der Waals surface area contributed by atoms with E-state index in [0.29, 0.717) is 10.6 Å². The highest BCUT2D eigenvalue weighted by atomic mass is 32.2. The van der Waals surface area contributed by atoms with E-state index in [4.69, 9.17) is 0 Å². The molecule has 2 heterocycles. The van der Waals surface area contributed by atoms with Gasteiger partial charge in [-0.05, 0) is 23.9 Å². The van der Waals surface area contributed by atoms with Crippen LogP contribution < -0.4 is 4.90 Å². The van der Waals surface area contributed by atoms with E-state index in [2.05, 4.69) is 15.2 Å². The van der Waals surface area contributed by atoms with E-state index < -0.39 is 0 Å². The second-order valence-electron chi connectivity index (χ2n) is 3.36. The molecule has 88 valence electrons. The number of aromatic nitrogens is 3. The zero-order valence-corrected chi connectivity index (χ0v) is 11.0. The summed E-state index contributed by atoms with van der Waals surface area (Å²) >= 11 is 2.82. The standard InChI is InChI=1S/C10H10N4OS2/c1-14(2)9-12-13-10(17-9)16-8-7(6-15)4-3-5-11-8/h3-6H,1-2H3. The number of rotatable bonds is 4. The fourth-order valence-electron chi connectivity index (χ4n) is 1.09. The van der Waals surface area contributed by atoms with Crippen molar-refractivity contribution in [1.29, 1.82) is 0 Å². The predicted octanol–water partition coefficient (Wildman–Crippen LogP) is 1.96. The molecule has 0 atom stereocenters. The van der Waals surface area contributed by atoms with Gasteiger partial charge in [-0.25, -0.2) is 4.98 Å². The molecule has 17 heavy (non-hydrogen) atoms. The third-order valence-corrected chi connectivity index (χ3v) is 4.07. The van der Waals surface area contributed by atoms with Crippen LogP contribution >= 0.6 is 23.1 Å². The van der Waals surface area contributed by atoms with Crippen LogP contribution in [0.15, 0.2) is 27.7 Å². The van der Waals surface area contributed by atoms with Crippen molar-refractivity contribution in [1.82, 2.24) is 15.2 Å². The second-order valence-corrected chi connectivity index (χ2v) is 5.55. The highest BCUT2D eigenvalue weighted by Gasteiger charge is 2.10. The van der Waals surface area contributed by atoms with Crippen LogP contribution in [0.1, 0.15) is 10.4 Å². The molecular weight excluding hydrogens is 256 g/mol. The SMILES string of the molecule is CN(C)c1nnc(Sc2ncccc2C=O)s1. The van der Waals surface area contributed by atoms with Crippen molar-refractivity contribution in [3.8, 4) is 0 Å². The Morgan fingerprint density at radius 1 is 1.41 bits per heavy atom. The van der Waals surface area contributed by atoms with E-state index in [9.17, 15) is 4.79 Å². The molecule has 2 aromatic rings. The van der Waals surface area contributed by atoms with Crippen LogP contribution in [0.4, 0.5) is 5.13 Å². The smallest absolute Gasteiger partial charge is 0.208 e. The van der Waals surface area contributed by atoms with Gasteiger partial charge < -0.3 is 4.90 Å². The lowest BCUT2D eigenvalue weighted by molar-refractivity contribution is 0.112. The number of carbonyl (C=O) groups excluding carboxylic acids is 1. The maximum absolute atomic E-state index is 10.8. The minimum absolute atomic E-state index is 0.569. The molecule has 0 aliphatic carbocycles. The molecule has 5 nitrogen and oxygen atoms in total. The number of nitrogens with zero attached hydrogens (tertiary/aromatic N) is 4. The molecule has 0 amide bonds. The molecule has 2 rings (SSSR count). The zero-order chi connectivity index (χ0) is 12.3. The Bertz CT molecular complexity index is 527. The zero-order valence-electron chi connectivity index (χ0n) is 9.32. The van der Waals surface area contributed by atoms with Gasteiger partial charge in [-0.15, -0.1) is 10.2 Å². The average Bonchev–Trinajstić information content (AvgIpc) is 2.78. The molecule has 7 heteroatoms. The summed E-state index contributed by atoms with van der Waals surface area (Å²) in [6.07, 6.45) is 2.45. The molecule has 0 fully saturated rings. The van der Waals surface area contributed by atoms with Crippen LogP contribution in [0.3, 0.4) is 0 Å². The second kappa shape index (κ2) is 5.24. The summed E-state index contributed by atoms with van der Waals surface area (Å²) in [6.45, 7) is 0. The van der Waals surface area contributed by atoms with Gasteiger partial charge >= 0.3 is 0 Å². The first-order valence-corrected chi connectivity index (χ1v) is 6.43. The first kappa shape index (κ1) is 12.0. The molecule has 0 aliphatic heterocycles. The van der Waals surface area contributed by atoms with Crippen molar-refractivity contribution in [3.05, 3.63) is 23.9 Å². The van der Waals surface area contributed by atoms with Crippen LogP contribution in [0.2, 0.25) is 0 Å². The van der Waals surface area contributed by atoms with Crippen molar-refractivity contribution in [2.24, 2.45) is 0 Å². The number of aldehydes is 1. The molecule has 0 N–H and O–H groups in total. The summed E-state index contributed by atoms with van der Waals surface area (Å²) in [6, 6.07) is 3.47. The lowest BCUT2D eigenvalue weighted by atomic mass is 10.3. The highest BCUT2D eigenvalue weighted by molar-refractivity contribution is 8.01. The van der Waals surface area contributed by atoms with E-state index in [0.717, 1.165) is 15.8 Å². The van der Waals surface area contributed by atoms with Crippen molar-refractivity contribution in [2.45, 2.75) is 9.37 Å². The summed E-state index contributed by atoms with van der Waals surface area (Å²) in [4.78, 5) is 16.9. The Labute approximate surface area is 107 Å². The van der Waals surface area contributed by atoms with Crippen LogP contribution in [-0.4, -0.2) is 35.6 Å². The van der Waals surface area contributed by atoms with Crippen LogP contribution in [0, 0.1) is 0 Å². The van der Waals surface area contributed by atoms with E-state index in [1.807, 2.05) is 19.0 Å². The Balaban J connectivity index is 2.22. The lowest BCUT2D eigenvalue weighted by Crippen LogP contribution is -2.07. The molecule has 0 radical (unpaired) electrons. The quantitative estimate of drug-likeness (QED) is 0.788. The van der Waals surface area contributed by atoms with Gasteiger partial charge in [-0.3, -0.25) is 4.79 Å². The third kappa shape index (κ3) is 2.80. The molecule has 0 spiro atoms. The summed E-state index contributed by atoms with van der Waals surface area (Å²) in [5.41, 5.74) is 0.569. The maximum Gasteiger partial charge on any atom is 0.208 e. The summed E-state index contributed by atoms with van der Waals surface area (Å²) in [7, 11) is 3.82. The van der Waals surface area contributed by atoms with E-state index in [-0.39, 0.29) is 0 Å². The van der Waals surface area contributed by atoms with E-state index in [1.54, 1.807) is 18.3 Å². The fourth-order valence-corrected chi connectivity index (χ4v) is 2.81. The average molecular weight is 266 g/mol. The van der Waals surface area contributed by atoms with Gasteiger partial charge in [0.15, 0.2) is 10.6 Å². The van der Waals surface area contributed by atoms with Crippen molar-refractivity contribution in [3.63, 3.8) is 0 Å². The van der Waals surface area contributed by atoms with E-state index in [1.165, 1.54) is 23.1 Å². The minimum Gasteiger partial charge on any atom is -0.353 e. The first-order valence-electron chi connectivity index (χ1n) is 4.79. The topological polar surface area (TPSA) is 59.0 Å². The van der Waals surface area contributed by atoms with Gasteiger partial charge in [0, 0.05) is 25.9 Å². The fraction of sp³-hybridized carbons (Fsp3) is 0.200. The number of anilines is 1. The summed E-state index contributed by atoms with van der Waals surface area (Å²) in [5.74, 6) is 0. The molecule has 0 aromatic carbocycles. The van der Waals surface area contributed by atoms with Gasteiger partial charge in [0.05, 0.1) is 0 Å². The van der Waals surface area contributed by atoms with Gasteiger partial charge in [0.25, 0.3) is 0 Å². The Kier molecular flexibility index (Phi) is 3.70. The van der Waals surface area contributed by atoms with Crippen LogP contribution in [0.5, 0.6) is 0 Å². The first-order chi connectivity index (χ1) is 8.20. The normalized spacial score (nSPS) is 10.2. The van der Waals surface area contributed by atoms with Gasteiger partial charge in [-0.2, -0.15) is 0 Å². The lowest BCUT2D eigenvalue weighted by Gasteiger charge is -2.03. The van der Waals surface area contributed by atoms with Gasteiger partial charge in [0.2, 0.25) is 5.13 Å². The minimum atomic E-state index is 0.569. The van der Waals surface area contributed by atoms with Crippen molar-refractivity contribution >= 4 is 34.5 Å². The van der Waals surface area contributed by atoms with Crippen LogP contribution in [0.25, 0.3) is 0 Å². The summed E-state index contributed by atoms with van der Waals surface area (Å²) < 4.78 is 0.774. The molecule has 0 saturated carbocycles.